The van der Waals surface area contributed by atoms with Gasteiger partial charge in [-0.05, 0) is 92.7 Å². The van der Waals surface area contributed by atoms with E-state index >= 15 is 0 Å². The molecule has 0 spiro atoms. The molecule has 1 heterocycles. The SMILES string of the molecule is Cn1c(CCNc2ccc(Oc3ccccc3)cc2)csc1=NC12CC3CC(CC(C3)C1)C2. The zero-order chi connectivity index (χ0) is 22.3. The maximum Gasteiger partial charge on any atom is 0.185 e. The van der Waals surface area contributed by atoms with Crippen LogP contribution < -0.4 is 14.9 Å². The van der Waals surface area contributed by atoms with Crippen molar-refractivity contribution in [3.8, 4) is 11.5 Å². The van der Waals surface area contributed by atoms with Crippen LogP contribution in [0.5, 0.6) is 11.5 Å². The maximum absolute atomic E-state index is 5.89. The smallest absolute Gasteiger partial charge is 0.185 e. The van der Waals surface area contributed by atoms with Crippen LogP contribution in [0.1, 0.15) is 44.2 Å². The van der Waals surface area contributed by atoms with Gasteiger partial charge in [0.25, 0.3) is 0 Å². The highest BCUT2D eigenvalue weighted by atomic mass is 32.1. The third-order valence-corrected chi connectivity index (χ3v) is 8.87. The fourth-order valence-electron chi connectivity index (χ4n) is 6.73. The number of anilines is 1. The Morgan fingerprint density at radius 3 is 2.24 bits per heavy atom. The number of nitrogens with one attached hydrogen (secondary N) is 1. The molecule has 0 radical (unpaired) electrons. The first-order valence-corrected chi connectivity index (χ1v) is 13.3. The van der Waals surface area contributed by atoms with E-state index in [1.54, 1.807) is 0 Å². The van der Waals surface area contributed by atoms with Gasteiger partial charge in [-0.15, -0.1) is 11.3 Å². The molecule has 4 aliphatic rings. The Balaban J connectivity index is 1.07. The van der Waals surface area contributed by atoms with E-state index in [-0.39, 0.29) is 5.54 Å². The van der Waals surface area contributed by atoms with Crippen LogP contribution in [0.25, 0.3) is 0 Å². The molecule has 0 aliphatic heterocycles. The second-order valence-electron chi connectivity index (χ2n) is 10.4. The molecule has 1 N–H and O–H groups in total. The molecule has 4 bridgehead atoms. The molecule has 0 atom stereocenters. The number of ether oxygens (including phenoxy) is 1. The van der Waals surface area contributed by atoms with Crippen LogP contribution in [0.4, 0.5) is 5.69 Å². The van der Waals surface area contributed by atoms with Crippen molar-refractivity contribution in [2.75, 3.05) is 11.9 Å². The van der Waals surface area contributed by atoms with Gasteiger partial charge >= 0.3 is 0 Å². The summed E-state index contributed by atoms with van der Waals surface area (Å²) in [6, 6.07) is 18.1. The molecule has 4 nitrogen and oxygen atoms in total. The number of rotatable bonds is 7. The second kappa shape index (κ2) is 8.68. The average Bonchev–Trinajstić information content (AvgIpc) is 3.13. The number of aromatic nitrogens is 1. The standard InChI is InChI=1S/C28H33N3OS/c1-31-24(11-12-29-23-7-9-26(10-8-23)32-25-5-3-2-4-6-25)19-33-27(31)30-28-16-20-13-21(17-28)15-22(14-20)18-28/h2-10,19-22,29H,11-18H2,1H3. The molecule has 4 aliphatic carbocycles. The Morgan fingerprint density at radius 2 is 1.58 bits per heavy atom. The molecule has 0 unspecified atom stereocenters. The highest BCUT2D eigenvalue weighted by Crippen LogP contribution is 2.57. The van der Waals surface area contributed by atoms with Gasteiger partial charge in [-0.25, -0.2) is 0 Å². The Kier molecular flexibility index (Phi) is 5.53. The van der Waals surface area contributed by atoms with Gasteiger partial charge in [-0.3, -0.25) is 4.99 Å². The number of nitrogens with zero attached hydrogens (tertiary/aromatic N) is 2. The summed E-state index contributed by atoms with van der Waals surface area (Å²) in [5.41, 5.74) is 2.72. The average molecular weight is 460 g/mol. The van der Waals surface area contributed by atoms with Crippen LogP contribution >= 0.6 is 11.3 Å². The first-order chi connectivity index (χ1) is 16.1. The van der Waals surface area contributed by atoms with Gasteiger partial charge in [0.2, 0.25) is 0 Å². The van der Waals surface area contributed by atoms with Gasteiger partial charge in [0.1, 0.15) is 11.5 Å². The van der Waals surface area contributed by atoms with E-state index in [1.165, 1.54) is 49.0 Å². The van der Waals surface area contributed by atoms with E-state index in [4.69, 9.17) is 9.73 Å². The molecule has 7 rings (SSSR count). The van der Waals surface area contributed by atoms with Crippen LogP contribution in [-0.4, -0.2) is 16.7 Å². The fraction of sp³-hybridized carbons (Fsp3) is 0.464. The number of hydrogen-bond acceptors (Lipinski definition) is 4. The first-order valence-electron chi connectivity index (χ1n) is 12.4. The quantitative estimate of drug-likeness (QED) is 0.444. The van der Waals surface area contributed by atoms with E-state index in [1.807, 2.05) is 53.8 Å². The molecule has 1 aromatic heterocycles. The number of thiazole rings is 1. The Hall–Kier alpha value is -2.53. The van der Waals surface area contributed by atoms with Crippen molar-refractivity contribution in [1.29, 1.82) is 0 Å². The minimum absolute atomic E-state index is 0.246. The molecule has 172 valence electrons. The highest BCUT2D eigenvalue weighted by molar-refractivity contribution is 7.07. The van der Waals surface area contributed by atoms with Crippen LogP contribution in [0.2, 0.25) is 0 Å². The minimum Gasteiger partial charge on any atom is -0.457 e. The maximum atomic E-state index is 5.89. The number of hydrogen-bond donors (Lipinski definition) is 1. The summed E-state index contributed by atoms with van der Waals surface area (Å²) in [4.78, 5) is 6.65. The van der Waals surface area contributed by atoms with Gasteiger partial charge in [0.05, 0.1) is 5.54 Å². The van der Waals surface area contributed by atoms with E-state index in [9.17, 15) is 0 Å². The summed E-state index contributed by atoms with van der Waals surface area (Å²) in [5.74, 6) is 4.54. The molecule has 2 aromatic carbocycles. The normalized spacial score (nSPS) is 28.3. The molecular formula is C28H33N3OS. The summed E-state index contributed by atoms with van der Waals surface area (Å²) in [6.45, 7) is 0.903. The summed E-state index contributed by atoms with van der Waals surface area (Å²) in [6.07, 6.45) is 9.41. The Labute approximate surface area is 200 Å². The largest absolute Gasteiger partial charge is 0.457 e. The van der Waals surface area contributed by atoms with Crippen LogP contribution in [0.15, 0.2) is 65.0 Å². The van der Waals surface area contributed by atoms with E-state index in [0.717, 1.165) is 47.9 Å². The highest BCUT2D eigenvalue weighted by Gasteiger charge is 2.51. The Morgan fingerprint density at radius 1 is 0.939 bits per heavy atom. The molecule has 4 fully saturated rings. The Bertz CT molecular complexity index is 1130. The second-order valence-corrected chi connectivity index (χ2v) is 11.3. The topological polar surface area (TPSA) is 38.5 Å². The van der Waals surface area contributed by atoms with Crippen LogP contribution in [0.3, 0.4) is 0 Å². The van der Waals surface area contributed by atoms with Gasteiger partial charge in [0, 0.05) is 36.8 Å². The van der Waals surface area contributed by atoms with E-state index < -0.39 is 0 Å². The van der Waals surface area contributed by atoms with Crippen molar-refractivity contribution < 1.29 is 4.74 Å². The lowest BCUT2D eigenvalue weighted by Gasteiger charge is -2.54. The molecular weight excluding hydrogens is 426 g/mol. The van der Waals surface area contributed by atoms with Crippen molar-refractivity contribution in [2.45, 2.75) is 50.5 Å². The van der Waals surface area contributed by atoms with Gasteiger partial charge in [-0.1, -0.05) is 18.2 Å². The lowest BCUT2D eigenvalue weighted by atomic mass is 9.53. The lowest BCUT2D eigenvalue weighted by molar-refractivity contribution is -0.000362. The number of para-hydroxylation sites is 1. The third-order valence-electron chi connectivity index (χ3n) is 7.90. The first kappa shape index (κ1) is 21.0. The molecule has 0 amide bonds. The van der Waals surface area contributed by atoms with Crippen LogP contribution in [0, 0.1) is 17.8 Å². The lowest BCUT2D eigenvalue weighted by Crippen LogP contribution is -2.50. The van der Waals surface area contributed by atoms with E-state index in [2.05, 4.69) is 34.4 Å². The number of benzene rings is 2. The van der Waals surface area contributed by atoms with Gasteiger partial charge < -0.3 is 14.6 Å². The van der Waals surface area contributed by atoms with Crippen molar-refractivity contribution in [3.05, 3.63) is 70.5 Å². The zero-order valence-corrected chi connectivity index (χ0v) is 20.2. The predicted molar refractivity (Wildman–Crippen MR) is 135 cm³/mol. The summed E-state index contributed by atoms with van der Waals surface area (Å²) in [7, 11) is 2.20. The minimum atomic E-state index is 0.246. The molecule has 4 saturated carbocycles. The van der Waals surface area contributed by atoms with Crippen molar-refractivity contribution in [2.24, 2.45) is 29.8 Å². The summed E-state index contributed by atoms with van der Waals surface area (Å²) >= 11 is 1.83. The van der Waals surface area contributed by atoms with E-state index in [0.29, 0.717) is 0 Å². The van der Waals surface area contributed by atoms with Gasteiger partial charge in [-0.2, -0.15) is 0 Å². The molecule has 5 heteroatoms. The third kappa shape index (κ3) is 4.48. The van der Waals surface area contributed by atoms with Crippen molar-refractivity contribution >= 4 is 17.0 Å². The predicted octanol–water partition coefficient (Wildman–Crippen LogP) is 6.40. The molecule has 0 saturated heterocycles. The molecule has 3 aromatic rings. The van der Waals surface area contributed by atoms with Gasteiger partial charge in [0.15, 0.2) is 4.80 Å². The van der Waals surface area contributed by atoms with Crippen LogP contribution in [-0.2, 0) is 13.5 Å². The zero-order valence-electron chi connectivity index (χ0n) is 19.4. The van der Waals surface area contributed by atoms with Crippen molar-refractivity contribution in [1.82, 2.24) is 4.57 Å². The summed E-state index contributed by atoms with van der Waals surface area (Å²) < 4.78 is 8.22. The summed E-state index contributed by atoms with van der Waals surface area (Å²) in [5, 5.41) is 5.86. The molecule has 33 heavy (non-hydrogen) atoms. The van der Waals surface area contributed by atoms with Crippen molar-refractivity contribution in [3.63, 3.8) is 0 Å². The fourth-order valence-corrected chi connectivity index (χ4v) is 7.77. The monoisotopic (exact) mass is 459 g/mol.